The molecular weight excluding hydrogens is 382 g/mol. The summed E-state index contributed by atoms with van der Waals surface area (Å²) in [6.07, 6.45) is 0.810. The minimum Gasteiger partial charge on any atom is -0.497 e. The van der Waals surface area contributed by atoms with Crippen molar-refractivity contribution >= 4 is 44.9 Å². The van der Waals surface area contributed by atoms with Crippen molar-refractivity contribution in [3.63, 3.8) is 0 Å². The van der Waals surface area contributed by atoms with E-state index in [9.17, 15) is 9.59 Å². The Bertz CT molecular complexity index is 996. The summed E-state index contributed by atoms with van der Waals surface area (Å²) in [5.74, 6) is 0.749. The fourth-order valence-corrected chi connectivity index (χ4v) is 4.24. The van der Waals surface area contributed by atoms with Crippen molar-refractivity contribution in [2.75, 3.05) is 18.2 Å². The van der Waals surface area contributed by atoms with Gasteiger partial charge in [-0.05, 0) is 49.1 Å². The Labute approximate surface area is 165 Å². The number of fused-ring (bicyclic) bond motifs is 1. The first-order valence-corrected chi connectivity index (χ1v) is 10.5. The average Bonchev–Trinajstić information content (AvgIpc) is 3.15. The van der Waals surface area contributed by atoms with Gasteiger partial charge in [0.05, 0.1) is 18.4 Å². The van der Waals surface area contributed by atoms with Crippen molar-refractivity contribution < 1.29 is 9.53 Å². The van der Waals surface area contributed by atoms with E-state index >= 15 is 0 Å². The SMILES string of the molecule is CC[C@@H](C)n1c(SCC(=O)Nc2ccc(OC)cc2)nc2ccsc2c1=O. The normalized spacial score (nSPS) is 12.1. The first kappa shape index (κ1) is 19.4. The maximum Gasteiger partial charge on any atom is 0.272 e. The van der Waals surface area contributed by atoms with Gasteiger partial charge >= 0.3 is 0 Å². The molecule has 142 valence electrons. The summed E-state index contributed by atoms with van der Waals surface area (Å²) in [5.41, 5.74) is 1.34. The number of carbonyl (C=O) groups is 1. The van der Waals surface area contributed by atoms with Crippen LogP contribution in [0.1, 0.15) is 26.3 Å². The molecular formula is C19H21N3O3S2. The van der Waals surface area contributed by atoms with E-state index in [0.29, 0.717) is 21.1 Å². The standard InChI is InChI=1S/C19H21N3O3S2/c1-4-12(2)22-18(24)17-15(9-10-26-17)21-19(22)27-11-16(23)20-13-5-7-14(25-3)8-6-13/h5-10,12H,4,11H2,1-3H3,(H,20,23)/t12-/m1/s1. The summed E-state index contributed by atoms with van der Waals surface area (Å²) < 4.78 is 7.46. The van der Waals surface area contributed by atoms with Crippen LogP contribution in [-0.4, -0.2) is 28.3 Å². The van der Waals surface area contributed by atoms with Gasteiger partial charge in [0, 0.05) is 11.7 Å². The maximum atomic E-state index is 12.8. The third-order valence-corrected chi connectivity index (χ3v) is 6.06. The van der Waals surface area contributed by atoms with E-state index in [4.69, 9.17) is 4.74 Å². The number of aromatic nitrogens is 2. The quantitative estimate of drug-likeness (QED) is 0.473. The van der Waals surface area contributed by atoms with Crippen LogP contribution >= 0.6 is 23.1 Å². The number of ether oxygens (including phenoxy) is 1. The minimum atomic E-state index is -0.152. The van der Waals surface area contributed by atoms with Gasteiger partial charge in [-0.2, -0.15) is 0 Å². The highest BCUT2D eigenvalue weighted by atomic mass is 32.2. The molecule has 0 spiro atoms. The van der Waals surface area contributed by atoms with Crippen molar-refractivity contribution in [1.29, 1.82) is 0 Å². The molecule has 2 heterocycles. The van der Waals surface area contributed by atoms with Crippen LogP contribution in [0.4, 0.5) is 5.69 Å². The van der Waals surface area contributed by atoms with Gasteiger partial charge in [-0.25, -0.2) is 4.98 Å². The van der Waals surface area contributed by atoms with Crippen LogP contribution in [-0.2, 0) is 4.79 Å². The van der Waals surface area contributed by atoms with Gasteiger partial charge in [0.2, 0.25) is 5.91 Å². The molecule has 0 aliphatic carbocycles. The number of benzene rings is 1. The number of amides is 1. The van der Waals surface area contributed by atoms with Crippen LogP contribution in [0.2, 0.25) is 0 Å². The lowest BCUT2D eigenvalue weighted by Gasteiger charge is -2.17. The van der Waals surface area contributed by atoms with E-state index in [1.807, 2.05) is 25.3 Å². The summed E-state index contributed by atoms with van der Waals surface area (Å²) in [6, 6.07) is 9.00. The molecule has 1 atom stereocenters. The first-order chi connectivity index (χ1) is 13.0. The molecule has 0 radical (unpaired) electrons. The van der Waals surface area contributed by atoms with E-state index in [0.717, 1.165) is 12.2 Å². The maximum absolute atomic E-state index is 12.8. The first-order valence-electron chi connectivity index (χ1n) is 8.60. The second kappa shape index (κ2) is 8.58. The molecule has 0 unspecified atom stereocenters. The summed E-state index contributed by atoms with van der Waals surface area (Å²) in [4.78, 5) is 29.7. The van der Waals surface area contributed by atoms with Gasteiger partial charge in [0.15, 0.2) is 5.16 Å². The molecule has 0 aliphatic rings. The Kier molecular flexibility index (Phi) is 6.18. The number of hydrogen-bond donors (Lipinski definition) is 1. The van der Waals surface area contributed by atoms with Crippen molar-refractivity contribution in [2.24, 2.45) is 0 Å². The van der Waals surface area contributed by atoms with Crippen molar-refractivity contribution in [2.45, 2.75) is 31.5 Å². The Morgan fingerprint density at radius 2 is 2.07 bits per heavy atom. The van der Waals surface area contributed by atoms with Crippen molar-refractivity contribution in [3.05, 3.63) is 46.1 Å². The number of anilines is 1. The molecule has 6 nitrogen and oxygen atoms in total. The van der Waals surface area contributed by atoms with Gasteiger partial charge < -0.3 is 10.1 Å². The molecule has 1 amide bonds. The molecule has 0 fully saturated rings. The highest BCUT2D eigenvalue weighted by molar-refractivity contribution is 7.99. The lowest BCUT2D eigenvalue weighted by atomic mass is 10.2. The van der Waals surface area contributed by atoms with E-state index in [-0.39, 0.29) is 23.3 Å². The predicted octanol–water partition coefficient (Wildman–Crippen LogP) is 4.17. The van der Waals surface area contributed by atoms with Gasteiger partial charge in [-0.1, -0.05) is 18.7 Å². The zero-order valence-electron chi connectivity index (χ0n) is 15.4. The van der Waals surface area contributed by atoms with E-state index in [2.05, 4.69) is 10.3 Å². The summed E-state index contributed by atoms with van der Waals surface area (Å²) in [5, 5.41) is 5.28. The molecule has 3 aromatic rings. The Balaban J connectivity index is 1.77. The van der Waals surface area contributed by atoms with Crippen LogP contribution < -0.4 is 15.6 Å². The zero-order valence-corrected chi connectivity index (χ0v) is 17.0. The second-order valence-electron chi connectivity index (χ2n) is 6.03. The van der Waals surface area contributed by atoms with Crippen molar-refractivity contribution in [3.8, 4) is 5.75 Å². The Morgan fingerprint density at radius 1 is 1.33 bits per heavy atom. The number of thioether (sulfide) groups is 1. The molecule has 0 saturated heterocycles. The molecule has 27 heavy (non-hydrogen) atoms. The lowest BCUT2D eigenvalue weighted by molar-refractivity contribution is -0.113. The van der Waals surface area contributed by atoms with E-state index in [1.165, 1.54) is 23.1 Å². The molecule has 0 bridgehead atoms. The molecule has 0 aliphatic heterocycles. The number of rotatable bonds is 7. The molecule has 0 saturated carbocycles. The van der Waals surface area contributed by atoms with Crippen LogP contribution in [0.5, 0.6) is 5.75 Å². The lowest BCUT2D eigenvalue weighted by Crippen LogP contribution is -2.26. The van der Waals surface area contributed by atoms with Crippen LogP contribution in [0, 0.1) is 0 Å². The second-order valence-corrected chi connectivity index (χ2v) is 7.89. The fraction of sp³-hybridized carbons (Fsp3) is 0.316. The van der Waals surface area contributed by atoms with E-state index < -0.39 is 0 Å². The van der Waals surface area contributed by atoms with Crippen LogP contribution in [0.3, 0.4) is 0 Å². The largest absolute Gasteiger partial charge is 0.497 e. The van der Waals surface area contributed by atoms with E-state index in [1.54, 1.807) is 35.9 Å². The average molecular weight is 404 g/mol. The molecule has 3 rings (SSSR count). The number of hydrogen-bond acceptors (Lipinski definition) is 6. The minimum absolute atomic E-state index is 0.0173. The van der Waals surface area contributed by atoms with Crippen molar-refractivity contribution in [1.82, 2.24) is 9.55 Å². The Hall–Kier alpha value is -2.32. The number of nitrogens with one attached hydrogen (secondary N) is 1. The van der Waals surface area contributed by atoms with Gasteiger partial charge in [-0.3, -0.25) is 14.2 Å². The fourth-order valence-electron chi connectivity index (χ4n) is 2.58. The summed E-state index contributed by atoms with van der Waals surface area (Å²) in [6.45, 7) is 4.02. The molecule has 2 aromatic heterocycles. The predicted molar refractivity (Wildman–Crippen MR) is 111 cm³/mol. The molecule has 8 heteroatoms. The number of nitrogens with zero attached hydrogens (tertiary/aromatic N) is 2. The molecule has 1 N–H and O–H groups in total. The van der Waals surface area contributed by atoms with Gasteiger partial charge in [0.25, 0.3) is 5.56 Å². The van der Waals surface area contributed by atoms with Gasteiger partial charge in [0.1, 0.15) is 10.4 Å². The Morgan fingerprint density at radius 3 is 2.74 bits per heavy atom. The highest BCUT2D eigenvalue weighted by Gasteiger charge is 2.17. The highest BCUT2D eigenvalue weighted by Crippen LogP contribution is 2.24. The topological polar surface area (TPSA) is 73.2 Å². The third-order valence-electron chi connectivity index (χ3n) is 4.22. The monoisotopic (exact) mass is 403 g/mol. The zero-order chi connectivity index (χ0) is 19.4. The summed E-state index contributed by atoms with van der Waals surface area (Å²) >= 11 is 2.68. The summed E-state index contributed by atoms with van der Waals surface area (Å²) in [7, 11) is 1.60. The number of methoxy groups -OCH3 is 1. The number of carbonyl (C=O) groups excluding carboxylic acids is 1. The number of thiophene rings is 1. The van der Waals surface area contributed by atoms with Crippen LogP contribution in [0.15, 0.2) is 45.7 Å². The third kappa shape index (κ3) is 4.33. The van der Waals surface area contributed by atoms with Gasteiger partial charge in [-0.15, -0.1) is 11.3 Å². The van der Waals surface area contributed by atoms with Crippen LogP contribution in [0.25, 0.3) is 10.2 Å². The smallest absolute Gasteiger partial charge is 0.272 e. The molecule has 1 aromatic carbocycles.